The Bertz CT molecular complexity index is 1020. The molecule has 8 heteroatoms. The Labute approximate surface area is 209 Å². The minimum atomic E-state index is -0.172. The van der Waals surface area contributed by atoms with E-state index < -0.39 is 0 Å². The van der Waals surface area contributed by atoms with Crippen LogP contribution in [0.1, 0.15) is 83.1 Å². The SMILES string of the molecule is COc1cnc(C(C)(C)CCC(C)(CCC(C)(C)c2ccc(OC)nn2)c2ccc(C)nn2)cn1. The third-order valence-corrected chi connectivity index (χ3v) is 7.09. The Morgan fingerprint density at radius 2 is 1.20 bits per heavy atom. The Morgan fingerprint density at radius 3 is 1.69 bits per heavy atom. The number of hydrogen-bond acceptors (Lipinski definition) is 8. The zero-order valence-electron chi connectivity index (χ0n) is 22.3. The fraction of sp³-hybridized carbons (Fsp3) is 0.556. The molecule has 3 rings (SSSR count). The molecule has 0 saturated carbocycles. The molecule has 35 heavy (non-hydrogen) atoms. The lowest BCUT2D eigenvalue weighted by molar-refractivity contribution is 0.288. The van der Waals surface area contributed by atoms with Crippen LogP contribution in [0, 0.1) is 6.92 Å². The standard InChI is InChI=1S/C27H38N6O2/c1-19-9-10-21(32-30-19)27(6,15-13-25(2,3)20-11-12-23(34-7)33-31-20)16-14-26(4,5)22-17-29-24(35-8)18-28-22/h9-12,17-18H,13-16H2,1-8H3. The molecule has 0 aliphatic heterocycles. The first-order valence-electron chi connectivity index (χ1n) is 12.0. The van der Waals surface area contributed by atoms with Crippen molar-refractivity contribution in [3.05, 3.63) is 59.4 Å². The summed E-state index contributed by atoms with van der Waals surface area (Å²) in [5.41, 5.74) is 3.34. The molecule has 1 unspecified atom stereocenters. The zero-order chi connectivity index (χ0) is 25.7. The van der Waals surface area contributed by atoms with Gasteiger partial charge in [0.2, 0.25) is 11.8 Å². The van der Waals surface area contributed by atoms with Crippen LogP contribution in [-0.4, -0.2) is 44.6 Å². The first-order chi connectivity index (χ1) is 16.5. The molecule has 3 aromatic heterocycles. The van der Waals surface area contributed by atoms with Gasteiger partial charge in [-0.3, -0.25) is 4.98 Å². The lowest BCUT2D eigenvalue weighted by Crippen LogP contribution is -2.31. The highest BCUT2D eigenvalue weighted by atomic mass is 16.5. The summed E-state index contributed by atoms with van der Waals surface area (Å²) in [6.07, 6.45) is 7.19. The van der Waals surface area contributed by atoms with Gasteiger partial charge in [-0.1, -0.05) is 34.6 Å². The highest BCUT2D eigenvalue weighted by Crippen LogP contribution is 2.40. The molecule has 0 aliphatic carbocycles. The summed E-state index contributed by atoms with van der Waals surface area (Å²) in [6.45, 7) is 13.1. The number of aromatic nitrogens is 6. The van der Waals surface area contributed by atoms with Crippen LogP contribution in [-0.2, 0) is 16.2 Å². The second-order valence-electron chi connectivity index (χ2n) is 10.8. The van der Waals surface area contributed by atoms with E-state index in [4.69, 9.17) is 9.47 Å². The summed E-state index contributed by atoms with van der Waals surface area (Å²) < 4.78 is 10.3. The molecule has 3 aromatic rings. The molecule has 188 valence electrons. The van der Waals surface area contributed by atoms with Crippen LogP contribution >= 0.6 is 0 Å². The molecule has 0 aliphatic rings. The molecule has 0 fully saturated rings. The summed E-state index contributed by atoms with van der Waals surface area (Å²) in [5, 5.41) is 17.6. The van der Waals surface area contributed by atoms with Crippen LogP contribution in [0.3, 0.4) is 0 Å². The first-order valence-corrected chi connectivity index (χ1v) is 12.0. The van der Waals surface area contributed by atoms with Gasteiger partial charge in [0.15, 0.2) is 0 Å². The number of nitrogens with zero attached hydrogens (tertiary/aromatic N) is 6. The van der Waals surface area contributed by atoms with Crippen molar-refractivity contribution < 1.29 is 9.47 Å². The third-order valence-electron chi connectivity index (χ3n) is 7.09. The van der Waals surface area contributed by atoms with Gasteiger partial charge >= 0.3 is 0 Å². The largest absolute Gasteiger partial charge is 0.480 e. The van der Waals surface area contributed by atoms with E-state index in [1.54, 1.807) is 20.4 Å². The molecule has 8 nitrogen and oxygen atoms in total. The van der Waals surface area contributed by atoms with Crippen molar-refractivity contribution in [2.45, 2.75) is 83.5 Å². The Balaban J connectivity index is 1.81. The highest BCUT2D eigenvalue weighted by molar-refractivity contribution is 5.21. The lowest BCUT2D eigenvalue weighted by Gasteiger charge is -2.35. The fourth-order valence-corrected chi connectivity index (χ4v) is 4.10. The average Bonchev–Trinajstić information content (AvgIpc) is 2.87. The molecular weight excluding hydrogens is 440 g/mol. The normalized spacial score (nSPS) is 13.8. The quantitative estimate of drug-likeness (QED) is 0.373. The third kappa shape index (κ3) is 6.50. The van der Waals surface area contributed by atoms with Crippen molar-refractivity contribution in [3.63, 3.8) is 0 Å². The summed E-state index contributed by atoms with van der Waals surface area (Å²) in [7, 11) is 3.20. The molecule has 3 heterocycles. The Morgan fingerprint density at radius 1 is 0.600 bits per heavy atom. The maximum absolute atomic E-state index is 5.17. The van der Waals surface area contributed by atoms with Crippen LogP contribution in [0.25, 0.3) is 0 Å². The number of hydrogen-bond donors (Lipinski definition) is 0. The van der Waals surface area contributed by atoms with Crippen molar-refractivity contribution in [3.8, 4) is 11.8 Å². The van der Waals surface area contributed by atoms with Crippen molar-refractivity contribution in [2.24, 2.45) is 0 Å². The van der Waals surface area contributed by atoms with E-state index in [0.717, 1.165) is 48.5 Å². The van der Waals surface area contributed by atoms with Crippen molar-refractivity contribution in [2.75, 3.05) is 14.2 Å². The van der Waals surface area contributed by atoms with Crippen LogP contribution in [0.15, 0.2) is 36.7 Å². The van der Waals surface area contributed by atoms with Gasteiger partial charge in [0.1, 0.15) is 0 Å². The highest BCUT2D eigenvalue weighted by Gasteiger charge is 2.35. The predicted octanol–water partition coefficient (Wildman–Crippen LogP) is 5.16. The van der Waals surface area contributed by atoms with E-state index in [2.05, 4.69) is 71.0 Å². The van der Waals surface area contributed by atoms with Crippen LogP contribution in [0.5, 0.6) is 11.8 Å². The second-order valence-corrected chi connectivity index (χ2v) is 10.8. The van der Waals surface area contributed by atoms with E-state index in [9.17, 15) is 0 Å². The van der Waals surface area contributed by atoms with E-state index in [1.165, 1.54) is 0 Å². The molecular formula is C27H38N6O2. The van der Waals surface area contributed by atoms with Crippen LogP contribution < -0.4 is 9.47 Å². The summed E-state index contributed by atoms with van der Waals surface area (Å²) in [6, 6.07) is 8.02. The number of methoxy groups -OCH3 is 2. The van der Waals surface area contributed by atoms with Crippen LogP contribution in [0.2, 0.25) is 0 Å². The van der Waals surface area contributed by atoms with Gasteiger partial charge in [0.05, 0.1) is 49.4 Å². The minimum Gasteiger partial charge on any atom is -0.480 e. The van der Waals surface area contributed by atoms with Gasteiger partial charge in [-0.2, -0.15) is 15.3 Å². The summed E-state index contributed by atoms with van der Waals surface area (Å²) in [4.78, 5) is 8.97. The van der Waals surface area contributed by atoms with Gasteiger partial charge < -0.3 is 9.47 Å². The van der Waals surface area contributed by atoms with E-state index in [0.29, 0.717) is 11.8 Å². The molecule has 0 radical (unpaired) electrons. The van der Waals surface area contributed by atoms with E-state index >= 15 is 0 Å². The molecule has 0 aromatic carbocycles. The fourth-order valence-electron chi connectivity index (χ4n) is 4.10. The van der Waals surface area contributed by atoms with Crippen molar-refractivity contribution >= 4 is 0 Å². The number of ether oxygens (including phenoxy) is 2. The van der Waals surface area contributed by atoms with Crippen molar-refractivity contribution in [1.29, 1.82) is 0 Å². The van der Waals surface area contributed by atoms with E-state index in [-0.39, 0.29) is 16.2 Å². The van der Waals surface area contributed by atoms with Gasteiger partial charge in [-0.25, -0.2) is 4.98 Å². The average molecular weight is 479 g/mol. The maximum atomic E-state index is 5.17. The first kappa shape index (κ1) is 26.4. The van der Waals surface area contributed by atoms with E-state index in [1.807, 2.05) is 31.3 Å². The molecule has 1 atom stereocenters. The van der Waals surface area contributed by atoms with Gasteiger partial charge in [-0.15, -0.1) is 5.10 Å². The van der Waals surface area contributed by atoms with Gasteiger partial charge in [-0.05, 0) is 50.8 Å². The van der Waals surface area contributed by atoms with Crippen molar-refractivity contribution in [1.82, 2.24) is 30.4 Å². The zero-order valence-corrected chi connectivity index (χ0v) is 22.3. The predicted molar refractivity (Wildman–Crippen MR) is 136 cm³/mol. The van der Waals surface area contributed by atoms with Crippen LogP contribution in [0.4, 0.5) is 0 Å². The molecule has 0 saturated heterocycles. The molecule has 0 N–H and O–H groups in total. The Hall–Kier alpha value is -3.16. The smallest absolute Gasteiger partial charge is 0.233 e. The maximum Gasteiger partial charge on any atom is 0.233 e. The van der Waals surface area contributed by atoms with Gasteiger partial charge in [0.25, 0.3) is 0 Å². The molecule has 0 bridgehead atoms. The number of aryl methyl sites for hydroxylation is 1. The van der Waals surface area contributed by atoms with Gasteiger partial charge in [0, 0.05) is 22.3 Å². The number of rotatable bonds is 11. The minimum absolute atomic E-state index is 0.157. The molecule has 0 amide bonds. The molecule has 0 spiro atoms. The topological polar surface area (TPSA) is 95.8 Å². The summed E-state index contributed by atoms with van der Waals surface area (Å²) >= 11 is 0. The monoisotopic (exact) mass is 478 g/mol. The lowest BCUT2D eigenvalue weighted by atomic mass is 9.69. The second kappa shape index (κ2) is 10.6. The summed E-state index contributed by atoms with van der Waals surface area (Å²) in [5.74, 6) is 1.04. The Kier molecular flexibility index (Phi) is 8.03.